The molecule has 24 heavy (non-hydrogen) atoms. The maximum absolute atomic E-state index is 13.4. The van der Waals surface area contributed by atoms with Gasteiger partial charge in [-0.1, -0.05) is 0 Å². The Bertz CT molecular complexity index is 573. The zero-order valence-corrected chi connectivity index (χ0v) is 14.0. The van der Waals surface area contributed by atoms with E-state index in [-0.39, 0.29) is 18.0 Å². The summed E-state index contributed by atoms with van der Waals surface area (Å²) in [5, 5.41) is 9.15. The number of piperidine rings is 1. The van der Waals surface area contributed by atoms with Crippen LogP contribution < -0.4 is 0 Å². The van der Waals surface area contributed by atoms with Crippen LogP contribution in [0.3, 0.4) is 0 Å². The van der Waals surface area contributed by atoms with Crippen molar-refractivity contribution >= 4 is 0 Å². The van der Waals surface area contributed by atoms with Crippen molar-refractivity contribution in [1.29, 1.82) is 5.26 Å². The van der Waals surface area contributed by atoms with E-state index in [1.807, 2.05) is 0 Å². The Morgan fingerprint density at radius 2 is 2.08 bits per heavy atom. The van der Waals surface area contributed by atoms with Gasteiger partial charge in [-0.25, -0.2) is 4.39 Å². The van der Waals surface area contributed by atoms with Crippen LogP contribution in [0, 0.1) is 17.1 Å². The fraction of sp³-hybridized carbons (Fsp3) is 0.632. The molecule has 0 radical (unpaired) electrons. The standard InChI is InChI=1S/C19H25FN2O2/c20-17-5-4-15(12-21)16(11-17)13-22-8-6-18(7-9-22)24-14-19-3-1-2-10-23-19/h4-5,11,18-19H,1-3,6-10,13-14H2/t19-/m1/s1. The molecule has 0 N–H and O–H groups in total. The highest BCUT2D eigenvalue weighted by Crippen LogP contribution is 2.20. The van der Waals surface area contributed by atoms with Crippen molar-refractivity contribution in [2.75, 3.05) is 26.3 Å². The average Bonchev–Trinajstić information content (AvgIpc) is 2.62. The van der Waals surface area contributed by atoms with Crippen LogP contribution in [-0.2, 0) is 16.0 Å². The van der Waals surface area contributed by atoms with Crippen LogP contribution in [0.15, 0.2) is 18.2 Å². The lowest BCUT2D eigenvalue weighted by molar-refractivity contribution is -0.0753. The maximum atomic E-state index is 13.4. The first-order valence-electron chi connectivity index (χ1n) is 8.88. The average molecular weight is 332 g/mol. The molecule has 2 aliphatic heterocycles. The van der Waals surface area contributed by atoms with Gasteiger partial charge in [0, 0.05) is 26.2 Å². The molecular formula is C19H25FN2O2. The molecule has 2 heterocycles. The van der Waals surface area contributed by atoms with Crippen LogP contribution >= 0.6 is 0 Å². The summed E-state index contributed by atoms with van der Waals surface area (Å²) in [5.74, 6) is -0.283. The maximum Gasteiger partial charge on any atom is 0.123 e. The number of halogens is 1. The topological polar surface area (TPSA) is 45.5 Å². The zero-order chi connectivity index (χ0) is 16.8. The van der Waals surface area contributed by atoms with Crippen LogP contribution in [0.1, 0.15) is 43.2 Å². The summed E-state index contributed by atoms with van der Waals surface area (Å²) >= 11 is 0. The van der Waals surface area contributed by atoms with Crippen LogP contribution in [0.4, 0.5) is 4.39 Å². The molecule has 0 bridgehead atoms. The van der Waals surface area contributed by atoms with Crippen LogP contribution in [0.5, 0.6) is 0 Å². The second kappa shape index (κ2) is 8.57. The fourth-order valence-corrected chi connectivity index (χ4v) is 3.46. The second-order valence-electron chi connectivity index (χ2n) is 6.71. The van der Waals surface area contributed by atoms with Gasteiger partial charge in [-0.15, -0.1) is 0 Å². The van der Waals surface area contributed by atoms with E-state index in [0.29, 0.717) is 18.7 Å². The van der Waals surface area contributed by atoms with Crippen molar-refractivity contribution in [3.63, 3.8) is 0 Å². The van der Waals surface area contributed by atoms with Gasteiger partial charge < -0.3 is 9.47 Å². The third kappa shape index (κ3) is 4.76. The predicted molar refractivity (Wildman–Crippen MR) is 89.0 cm³/mol. The van der Waals surface area contributed by atoms with Crippen LogP contribution in [-0.4, -0.2) is 43.4 Å². The van der Waals surface area contributed by atoms with Crippen molar-refractivity contribution in [2.24, 2.45) is 0 Å². The zero-order valence-electron chi connectivity index (χ0n) is 14.0. The first-order valence-corrected chi connectivity index (χ1v) is 8.88. The SMILES string of the molecule is N#Cc1ccc(F)cc1CN1CCC(OC[C@H]2CCCCO2)CC1. The number of likely N-dealkylation sites (tertiary alicyclic amines) is 1. The number of ether oxygens (including phenoxy) is 2. The first-order chi connectivity index (χ1) is 11.7. The summed E-state index contributed by atoms with van der Waals surface area (Å²) < 4.78 is 25.1. The molecule has 0 unspecified atom stereocenters. The molecule has 5 heteroatoms. The Balaban J connectivity index is 1.43. The Hall–Kier alpha value is -1.48. The van der Waals surface area contributed by atoms with Gasteiger partial charge in [0.2, 0.25) is 0 Å². The summed E-state index contributed by atoms with van der Waals surface area (Å²) in [5.41, 5.74) is 1.33. The molecular weight excluding hydrogens is 307 g/mol. The number of nitrogens with zero attached hydrogens (tertiary/aromatic N) is 2. The largest absolute Gasteiger partial charge is 0.376 e. The van der Waals surface area contributed by atoms with Crippen LogP contribution in [0.2, 0.25) is 0 Å². The van der Waals surface area contributed by atoms with Crippen molar-refractivity contribution in [2.45, 2.75) is 50.9 Å². The van der Waals surface area contributed by atoms with E-state index in [1.54, 1.807) is 6.07 Å². The minimum atomic E-state index is -0.283. The van der Waals surface area contributed by atoms with E-state index in [0.717, 1.165) is 44.5 Å². The van der Waals surface area contributed by atoms with E-state index in [4.69, 9.17) is 14.7 Å². The minimum Gasteiger partial charge on any atom is -0.376 e. The summed E-state index contributed by atoms with van der Waals surface area (Å²) in [6.07, 6.45) is 6.02. The molecule has 130 valence electrons. The smallest absolute Gasteiger partial charge is 0.123 e. The Labute approximate surface area is 143 Å². The molecule has 0 aromatic heterocycles. The lowest BCUT2D eigenvalue weighted by atomic mass is 10.0. The molecule has 2 fully saturated rings. The Morgan fingerprint density at radius 3 is 2.79 bits per heavy atom. The van der Waals surface area contributed by atoms with E-state index in [2.05, 4.69) is 11.0 Å². The molecule has 1 aromatic carbocycles. The van der Waals surface area contributed by atoms with Crippen molar-refractivity contribution in [3.8, 4) is 6.07 Å². The normalized spacial score (nSPS) is 23.1. The molecule has 0 aliphatic carbocycles. The second-order valence-corrected chi connectivity index (χ2v) is 6.71. The van der Waals surface area contributed by atoms with Gasteiger partial charge in [0.15, 0.2) is 0 Å². The summed E-state index contributed by atoms with van der Waals surface area (Å²) in [6, 6.07) is 6.52. The molecule has 1 atom stereocenters. The first kappa shape index (κ1) is 17.3. The number of hydrogen-bond acceptors (Lipinski definition) is 4. The third-order valence-corrected chi connectivity index (χ3v) is 4.91. The minimum absolute atomic E-state index is 0.266. The number of benzene rings is 1. The van der Waals surface area contributed by atoms with E-state index in [1.165, 1.54) is 25.0 Å². The van der Waals surface area contributed by atoms with Crippen molar-refractivity contribution in [1.82, 2.24) is 4.90 Å². The highest BCUT2D eigenvalue weighted by atomic mass is 19.1. The summed E-state index contributed by atoms with van der Waals surface area (Å²) in [4.78, 5) is 2.27. The lowest BCUT2D eigenvalue weighted by Gasteiger charge is -2.33. The Kier molecular flexibility index (Phi) is 6.19. The van der Waals surface area contributed by atoms with Gasteiger partial charge in [0.25, 0.3) is 0 Å². The quantitative estimate of drug-likeness (QED) is 0.830. The summed E-state index contributed by atoms with van der Waals surface area (Å²) in [7, 11) is 0. The molecule has 0 amide bonds. The lowest BCUT2D eigenvalue weighted by Crippen LogP contribution is -2.38. The Morgan fingerprint density at radius 1 is 1.25 bits per heavy atom. The van der Waals surface area contributed by atoms with Gasteiger partial charge >= 0.3 is 0 Å². The highest BCUT2D eigenvalue weighted by Gasteiger charge is 2.22. The van der Waals surface area contributed by atoms with Gasteiger partial charge in [-0.3, -0.25) is 4.90 Å². The molecule has 4 nitrogen and oxygen atoms in total. The van der Waals surface area contributed by atoms with Crippen molar-refractivity contribution in [3.05, 3.63) is 35.1 Å². The van der Waals surface area contributed by atoms with E-state index >= 15 is 0 Å². The van der Waals surface area contributed by atoms with E-state index < -0.39 is 0 Å². The monoisotopic (exact) mass is 332 g/mol. The van der Waals surface area contributed by atoms with Crippen LogP contribution in [0.25, 0.3) is 0 Å². The molecule has 0 spiro atoms. The molecule has 3 rings (SSSR count). The molecule has 2 saturated heterocycles. The van der Waals surface area contributed by atoms with Crippen molar-refractivity contribution < 1.29 is 13.9 Å². The third-order valence-electron chi connectivity index (χ3n) is 4.91. The summed E-state index contributed by atoms with van der Waals surface area (Å²) in [6.45, 7) is 4.02. The van der Waals surface area contributed by atoms with E-state index in [9.17, 15) is 4.39 Å². The highest BCUT2D eigenvalue weighted by molar-refractivity contribution is 5.37. The van der Waals surface area contributed by atoms with Gasteiger partial charge in [0.05, 0.1) is 30.4 Å². The predicted octanol–water partition coefficient (Wildman–Crippen LogP) is 3.25. The van der Waals surface area contributed by atoms with Gasteiger partial charge in [-0.05, 0) is 55.9 Å². The number of hydrogen-bond donors (Lipinski definition) is 0. The molecule has 2 aliphatic rings. The molecule has 1 aromatic rings. The number of rotatable bonds is 5. The molecule has 0 saturated carbocycles. The van der Waals surface area contributed by atoms with Gasteiger partial charge in [-0.2, -0.15) is 5.26 Å². The van der Waals surface area contributed by atoms with Gasteiger partial charge in [0.1, 0.15) is 5.82 Å². The number of nitriles is 1. The fourth-order valence-electron chi connectivity index (χ4n) is 3.46.